The molecule has 5 nitrogen and oxygen atoms in total. The Balaban J connectivity index is 1.75. The number of ether oxygens (including phenoxy) is 2. The van der Waals surface area contributed by atoms with Crippen LogP contribution in [0.4, 0.5) is 0 Å². The third-order valence-corrected chi connectivity index (χ3v) is 4.69. The van der Waals surface area contributed by atoms with Crippen LogP contribution >= 0.6 is 0 Å². The molecule has 0 amide bonds. The summed E-state index contributed by atoms with van der Waals surface area (Å²) in [6.45, 7) is 4.69. The number of benzene rings is 1. The number of oxazole rings is 1. The lowest BCUT2D eigenvalue weighted by Crippen LogP contribution is -2.41. The number of hydrogen-bond donors (Lipinski definition) is 0. The largest absolute Gasteiger partial charge is 0.497 e. The molecule has 130 valence electrons. The van der Waals surface area contributed by atoms with Crippen molar-refractivity contribution >= 4 is 0 Å². The number of rotatable bonds is 6. The van der Waals surface area contributed by atoms with Crippen LogP contribution in [0, 0.1) is 6.92 Å². The minimum absolute atomic E-state index is 0.476. The SMILES string of the molecule is COCC1CCCCN1Cc1nc(-c2ccc(OC)cc2)oc1C. The Morgan fingerprint density at radius 2 is 2.00 bits per heavy atom. The minimum atomic E-state index is 0.476. The van der Waals surface area contributed by atoms with E-state index >= 15 is 0 Å². The summed E-state index contributed by atoms with van der Waals surface area (Å²) in [6, 6.07) is 8.27. The van der Waals surface area contributed by atoms with E-state index in [2.05, 4.69) is 4.90 Å². The van der Waals surface area contributed by atoms with Crippen molar-refractivity contribution in [1.82, 2.24) is 9.88 Å². The van der Waals surface area contributed by atoms with E-state index in [1.165, 1.54) is 19.3 Å². The van der Waals surface area contributed by atoms with Crippen LogP contribution in [0.15, 0.2) is 28.7 Å². The number of piperidine rings is 1. The Morgan fingerprint density at radius 3 is 2.71 bits per heavy atom. The molecule has 0 aliphatic carbocycles. The van der Waals surface area contributed by atoms with Crippen LogP contribution < -0.4 is 4.74 Å². The van der Waals surface area contributed by atoms with Crippen molar-refractivity contribution < 1.29 is 13.9 Å². The molecule has 0 radical (unpaired) electrons. The van der Waals surface area contributed by atoms with E-state index in [0.717, 1.165) is 42.5 Å². The first-order valence-corrected chi connectivity index (χ1v) is 8.55. The first-order valence-electron chi connectivity index (χ1n) is 8.55. The summed E-state index contributed by atoms with van der Waals surface area (Å²) in [5.74, 6) is 2.39. The van der Waals surface area contributed by atoms with Crippen LogP contribution in [-0.2, 0) is 11.3 Å². The van der Waals surface area contributed by atoms with Crippen LogP contribution in [0.5, 0.6) is 5.75 Å². The van der Waals surface area contributed by atoms with Crippen molar-refractivity contribution in [1.29, 1.82) is 0 Å². The van der Waals surface area contributed by atoms with Gasteiger partial charge in [-0.15, -0.1) is 0 Å². The molecule has 2 aromatic rings. The van der Waals surface area contributed by atoms with E-state index in [4.69, 9.17) is 18.9 Å². The second-order valence-corrected chi connectivity index (χ2v) is 6.33. The standard InChI is InChI=1S/C19H26N2O3/c1-14-18(12-21-11-5-4-6-16(21)13-22-2)20-19(24-14)15-7-9-17(23-3)10-8-15/h7-10,16H,4-6,11-13H2,1-3H3. The quantitative estimate of drug-likeness (QED) is 0.809. The van der Waals surface area contributed by atoms with Crippen LogP contribution in [-0.4, -0.2) is 43.3 Å². The highest BCUT2D eigenvalue weighted by Crippen LogP contribution is 2.26. The van der Waals surface area contributed by atoms with Crippen molar-refractivity contribution in [2.75, 3.05) is 27.4 Å². The Bertz CT molecular complexity index is 649. The first kappa shape index (κ1) is 17.0. The monoisotopic (exact) mass is 330 g/mol. The third-order valence-electron chi connectivity index (χ3n) is 4.69. The van der Waals surface area contributed by atoms with Crippen molar-refractivity contribution in [3.63, 3.8) is 0 Å². The molecular weight excluding hydrogens is 304 g/mol. The molecule has 0 saturated carbocycles. The molecule has 1 fully saturated rings. The fraction of sp³-hybridized carbons (Fsp3) is 0.526. The molecular formula is C19H26N2O3. The molecule has 1 aliphatic heterocycles. The second-order valence-electron chi connectivity index (χ2n) is 6.33. The molecule has 1 atom stereocenters. The average molecular weight is 330 g/mol. The lowest BCUT2D eigenvalue weighted by atomic mass is 10.0. The van der Waals surface area contributed by atoms with Gasteiger partial charge in [-0.3, -0.25) is 4.90 Å². The van der Waals surface area contributed by atoms with Gasteiger partial charge in [-0.05, 0) is 50.6 Å². The Labute approximate surface area is 143 Å². The fourth-order valence-corrected chi connectivity index (χ4v) is 3.27. The third kappa shape index (κ3) is 3.79. The number of hydrogen-bond acceptors (Lipinski definition) is 5. The molecule has 0 N–H and O–H groups in total. The van der Waals surface area contributed by atoms with Gasteiger partial charge in [0.25, 0.3) is 0 Å². The highest BCUT2D eigenvalue weighted by Gasteiger charge is 2.24. The molecule has 24 heavy (non-hydrogen) atoms. The zero-order valence-electron chi connectivity index (χ0n) is 14.7. The summed E-state index contributed by atoms with van der Waals surface area (Å²) in [4.78, 5) is 7.20. The number of methoxy groups -OCH3 is 2. The zero-order chi connectivity index (χ0) is 16.9. The molecule has 0 bridgehead atoms. The second kappa shape index (κ2) is 7.81. The number of aryl methyl sites for hydroxylation is 1. The smallest absolute Gasteiger partial charge is 0.226 e. The summed E-state index contributed by atoms with van der Waals surface area (Å²) in [5.41, 5.74) is 1.99. The Hall–Kier alpha value is -1.85. The van der Waals surface area contributed by atoms with Gasteiger partial charge in [0.2, 0.25) is 5.89 Å². The van der Waals surface area contributed by atoms with Gasteiger partial charge in [-0.1, -0.05) is 6.42 Å². The molecule has 0 spiro atoms. The number of nitrogens with zero attached hydrogens (tertiary/aromatic N) is 2. The van der Waals surface area contributed by atoms with E-state index in [1.807, 2.05) is 31.2 Å². The van der Waals surface area contributed by atoms with Gasteiger partial charge >= 0.3 is 0 Å². The molecule has 1 saturated heterocycles. The molecule has 1 aromatic heterocycles. The van der Waals surface area contributed by atoms with E-state index in [0.29, 0.717) is 11.9 Å². The van der Waals surface area contributed by atoms with E-state index in [1.54, 1.807) is 14.2 Å². The summed E-state index contributed by atoms with van der Waals surface area (Å²) in [7, 11) is 3.44. The lowest BCUT2D eigenvalue weighted by Gasteiger charge is -2.34. The van der Waals surface area contributed by atoms with Crippen molar-refractivity contribution in [3.05, 3.63) is 35.7 Å². The summed E-state index contributed by atoms with van der Waals surface area (Å²) in [6.07, 6.45) is 3.71. The highest BCUT2D eigenvalue weighted by molar-refractivity contribution is 5.55. The molecule has 5 heteroatoms. The topological polar surface area (TPSA) is 47.7 Å². The van der Waals surface area contributed by atoms with Gasteiger partial charge < -0.3 is 13.9 Å². The lowest BCUT2D eigenvalue weighted by molar-refractivity contribution is 0.0590. The Kier molecular flexibility index (Phi) is 5.53. The van der Waals surface area contributed by atoms with Gasteiger partial charge in [-0.2, -0.15) is 0 Å². The minimum Gasteiger partial charge on any atom is -0.497 e. The summed E-state index contributed by atoms with van der Waals surface area (Å²) < 4.78 is 16.5. The van der Waals surface area contributed by atoms with Crippen molar-refractivity contribution in [2.24, 2.45) is 0 Å². The number of likely N-dealkylation sites (tertiary alicyclic amines) is 1. The predicted octanol–water partition coefficient (Wildman–Crippen LogP) is 3.66. The summed E-state index contributed by atoms with van der Waals surface area (Å²) >= 11 is 0. The molecule has 2 heterocycles. The average Bonchev–Trinajstić information content (AvgIpc) is 2.98. The van der Waals surface area contributed by atoms with E-state index in [-0.39, 0.29) is 0 Å². The summed E-state index contributed by atoms with van der Waals surface area (Å²) in [5, 5.41) is 0. The van der Waals surface area contributed by atoms with Crippen LogP contribution in [0.3, 0.4) is 0 Å². The van der Waals surface area contributed by atoms with Gasteiger partial charge in [-0.25, -0.2) is 4.98 Å². The maximum absolute atomic E-state index is 5.90. The van der Waals surface area contributed by atoms with Gasteiger partial charge in [0.15, 0.2) is 0 Å². The normalized spacial score (nSPS) is 18.7. The van der Waals surface area contributed by atoms with E-state index in [9.17, 15) is 0 Å². The van der Waals surface area contributed by atoms with Gasteiger partial charge in [0, 0.05) is 25.3 Å². The Morgan fingerprint density at radius 1 is 1.21 bits per heavy atom. The molecule has 1 unspecified atom stereocenters. The van der Waals surface area contributed by atoms with Crippen molar-refractivity contribution in [3.8, 4) is 17.2 Å². The highest BCUT2D eigenvalue weighted by atomic mass is 16.5. The zero-order valence-corrected chi connectivity index (χ0v) is 14.7. The van der Waals surface area contributed by atoms with Gasteiger partial charge in [0.05, 0.1) is 19.4 Å². The van der Waals surface area contributed by atoms with Crippen molar-refractivity contribution in [2.45, 2.75) is 38.8 Å². The fourth-order valence-electron chi connectivity index (χ4n) is 3.27. The molecule has 3 rings (SSSR count). The maximum atomic E-state index is 5.90. The van der Waals surface area contributed by atoms with E-state index < -0.39 is 0 Å². The van der Waals surface area contributed by atoms with Crippen LogP contribution in [0.2, 0.25) is 0 Å². The van der Waals surface area contributed by atoms with Gasteiger partial charge in [0.1, 0.15) is 11.5 Å². The van der Waals surface area contributed by atoms with Crippen LogP contribution in [0.1, 0.15) is 30.7 Å². The first-order chi connectivity index (χ1) is 11.7. The maximum Gasteiger partial charge on any atom is 0.226 e. The van der Waals surface area contributed by atoms with Crippen LogP contribution in [0.25, 0.3) is 11.5 Å². The molecule has 1 aromatic carbocycles. The molecule has 1 aliphatic rings. The number of aromatic nitrogens is 1. The predicted molar refractivity (Wildman–Crippen MR) is 93.2 cm³/mol.